The van der Waals surface area contributed by atoms with Crippen molar-refractivity contribution in [2.45, 2.75) is 9.92 Å². The van der Waals surface area contributed by atoms with E-state index in [4.69, 9.17) is 4.74 Å². The summed E-state index contributed by atoms with van der Waals surface area (Å²) in [6.07, 6.45) is 0. The van der Waals surface area contributed by atoms with Crippen LogP contribution in [-0.4, -0.2) is 35.3 Å². The molecule has 0 amide bonds. The molecule has 0 atom stereocenters. The molecule has 0 fully saturated rings. The van der Waals surface area contributed by atoms with Gasteiger partial charge in [0.1, 0.15) is 17.4 Å². The number of aromatic nitrogens is 4. The van der Waals surface area contributed by atoms with Gasteiger partial charge in [-0.3, -0.25) is 0 Å². The van der Waals surface area contributed by atoms with Gasteiger partial charge in [0.25, 0.3) is 0 Å². The van der Waals surface area contributed by atoms with Crippen LogP contribution in [0.3, 0.4) is 0 Å². The highest BCUT2D eigenvalue weighted by Crippen LogP contribution is 2.30. The number of halogens is 1. The number of hydrogen-bond donors (Lipinski definition) is 1. The lowest BCUT2D eigenvalue weighted by Crippen LogP contribution is -2.05. The SMILES string of the molecule is COc1ccc(Nc2nc3c(S(=O)(=O)c4ccc(F)cc4)nnn3c3ccccc23)cc1. The summed E-state index contributed by atoms with van der Waals surface area (Å²) >= 11 is 0. The van der Waals surface area contributed by atoms with Crippen LogP contribution in [0.4, 0.5) is 15.9 Å². The van der Waals surface area contributed by atoms with Crippen LogP contribution < -0.4 is 10.1 Å². The number of methoxy groups -OCH3 is 1. The number of benzene rings is 3. The maximum absolute atomic E-state index is 13.3. The highest BCUT2D eigenvalue weighted by Gasteiger charge is 2.27. The van der Waals surface area contributed by atoms with Crippen LogP contribution in [0.1, 0.15) is 0 Å². The van der Waals surface area contributed by atoms with Crippen molar-refractivity contribution in [3.8, 4) is 5.75 Å². The van der Waals surface area contributed by atoms with E-state index >= 15 is 0 Å². The summed E-state index contributed by atoms with van der Waals surface area (Å²) < 4.78 is 46.2. The molecule has 2 aromatic heterocycles. The summed E-state index contributed by atoms with van der Waals surface area (Å²) in [6.45, 7) is 0. The van der Waals surface area contributed by atoms with Gasteiger partial charge in [-0.15, -0.1) is 5.10 Å². The molecule has 0 aliphatic carbocycles. The quantitative estimate of drug-likeness (QED) is 0.405. The first kappa shape index (κ1) is 19.9. The van der Waals surface area contributed by atoms with E-state index in [1.165, 1.54) is 16.6 Å². The lowest BCUT2D eigenvalue weighted by molar-refractivity contribution is 0.415. The predicted octanol–water partition coefficient (Wildman–Crippen LogP) is 4.00. The van der Waals surface area contributed by atoms with Gasteiger partial charge in [0, 0.05) is 11.1 Å². The van der Waals surface area contributed by atoms with Gasteiger partial charge in [-0.05, 0) is 60.7 Å². The third kappa shape index (κ3) is 3.30. The van der Waals surface area contributed by atoms with Crippen LogP contribution in [0.5, 0.6) is 5.75 Å². The van der Waals surface area contributed by atoms with Crippen molar-refractivity contribution in [2.75, 3.05) is 12.4 Å². The molecule has 0 radical (unpaired) electrons. The summed E-state index contributed by atoms with van der Waals surface area (Å²) in [5.74, 6) is 0.611. The van der Waals surface area contributed by atoms with E-state index in [0.29, 0.717) is 17.1 Å². The van der Waals surface area contributed by atoms with Crippen molar-refractivity contribution in [3.05, 3.63) is 78.6 Å². The van der Waals surface area contributed by atoms with Crippen molar-refractivity contribution >= 4 is 37.9 Å². The number of sulfone groups is 1. The maximum Gasteiger partial charge on any atom is 0.229 e. The first-order chi connectivity index (χ1) is 15.5. The Morgan fingerprint density at radius 2 is 1.69 bits per heavy atom. The van der Waals surface area contributed by atoms with E-state index in [1.54, 1.807) is 25.3 Å². The molecule has 160 valence electrons. The van der Waals surface area contributed by atoms with Gasteiger partial charge in [0.2, 0.25) is 14.9 Å². The van der Waals surface area contributed by atoms with Crippen LogP contribution in [0, 0.1) is 5.82 Å². The van der Waals surface area contributed by atoms with E-state index in [-0.39, 0.29) is 15.6 Å². The van der Waals surface area contributed by atoms with Gasteiger partial charge >= 0.3 is 0 Å². The number of nitrogens with zero attached hydrogens (tertiary/aromatic N) is 4. The highest BCUT2D eigenvalue weighted by atomic mass is 32.2. The normalized spacial score (nSPS) is 11.7. The molecule has 5 rings (SSSR count). The zero-order valence-electron chi connectivity index (χ0n) is 16.7. The fourth-order valence-corrected chi connectivity index (χ4v) is 4.58. The number of fused-ring (bicyclic) bond motifs is 3. The Bertz CT molecular complexity index is 1550. The van der Waals surface area contributed by atoms with Crippen molar-refractivity contribution in [1.82, 2.24) is 19.8 Å². The second-order valence-electron chi connectivity index (χ2n) is 6.92. The van der Waals surface area contributed by atoms with Crippen LogP contribution in [0.2, 0.25) is 0 Å². The van der Waals surface area contributed by atoms with Gasteiger partial charge in [0.05, 0.1) is 17.5 Å². The monoisotopic (exact) mass is 449 g/mol. The fourth-order valence-electron chi connectivity index (χ4n) is 3.35. The number of hydrogen-bond acceptors (Lipinski definition) is 7. The average molecular weight is 449 g/mol. The Morgan fingerprint density at radius 3 is 2.41 bits per heavy atom. The van der Waals surface area contributed by atoms with Gasteiger partial charge in [-0.25, -0.2) is 17.8 Å². The molecule has 0 unspecified atom stereocenters. The smallest absolute Gasteiger partial charge is 0.229 e. The van der Waals surface area contributed by atoms with E-state index in [0.717, 1.165) is 23.2 Å². The zero-order valence-corrected chi connectivity index (χ0v) is 17.5. The summed E-state index contributed by atoms with van der Waals surface area (Å²) in [5.41, 5.74) is 1.42. The highest BCUT2D eigenvalue weighted by molar-refractivity contribution is 7.91. The van der Waals surface area contributed by atoms with Gasteiger partial charge < -0.3 is 10.1 Å². The number of anilines is 2. The molecule has 8 nitrogen and oxygen atoms in total. The van der Waals surface area contributed by atoms with Crippen molar-refractivity contribution in [1.29, 1.82) is 0 Å². The second kappa shape index (κ2) is 7.57. The summed E-state index contributed by atoms with van der Waals surface area (Å²) in [7, 11) is -2.49. The van der Waals surface area contributed by atoms with Crippen LogP contribution in [0.15, 0.2) is 82.7 Å². The fraction of sp³-hybridized carbons (Fsp3) is 0.0455. The molecule has 0 aliphatic rings. The minimum Gasteiger partial charge on any atom is -0.497 e. The third-order valence-electron chi connectivity index (χ3n) is 4.95. The number of rotatable bonds is 5. The molecule has 0 bridgehead atoms. The number of ether oxygens (including phenoxy) is 1. The standard InChI is InChI=1S/C22H16FN5O3S/c1-31-16-10-8-15(9-11-16)24-20-18-4-2-3-5-19(18)28-21(25-20)22(26-27-28)32(29,30)17-12-6-14(23)7-13-17/h2-13H,1H3,(H,24,25). The molecule has 0 spiro atoms. The predicted molar refractivity (Wildman–Crippen MR) is 116 cm³/mol. The molecule has 1 N–H and O–H groups in total. The Morgan fingerprint density at radius 1 is 0.969 bits per heavy atom. The largest absolute Gasteiger partial charge is 0.497 e. The third-order valence-corrected chi connectivity index (χ3v) is 6.62. The van der Waals surface area contributed by atoms with Crippen LogP contribution >= 0.6 is 0 Å². The molecule has 2 heterocycles. The molecular weight excluding hydrogens is 433 g/mol. The lowest BCUT2D eigenvalue weighted by Gasteiger charge is -2.11. The molecule has 32 heavy (non-hydrogen) atoms. The first-order valence-electron chi connectivity index (χ1n) is 9.53. The first-order valence-corrected chi connectivity index (χ1v) is 11.0. The molecule has 5 aromatic rings. The van der Waals surface area contributed by atoms with E-state index in [2.05, 4.69) is 20.6 Å². The molecule has 3 aromatic carbocycles. The Hall–Kier alpha value is -4.05. The Labute approximate surface area is 182 Å². The lowest BCUT2D eigenvalue weighted by atomic mass is 10.2. The molecule has 10 heteroatoms. The second-order valence-corrected chi connectivity index (χ2v) is 8.78. The van der Waals surface area contributed by atoms with E-state index in [9.17, 15) is 12.8 Å². The van der Waals surface area contributed by atoms with Gasteiger partial charge in [-0.1, -0.05) is 17.3 Å². The molecular formula is C22H16FN5O3S. The van der Waals surface area contributed by atoms with E-state index < -0.39 is 15.7 Å². The van der Waals surface area contributed by atoms with Crippen LogP contribution in [0.25, 0.3) is 16.6 Å². The molecule has 0 saturated carbocycles. The Balaban J connectivity index is 1.69. The van der Waals surface area contributed by atoms with Crippen molar-refractivity contribution in [2.24, 2.45) is 0 Å². The van der Waals surface area contributed by atoms with Crippen molar-refractivity contribution < 1.29 is 17.5 Å². The average Bonchev–Trinajstić information content (AvgIpc) is 3.25. The summed E-state index contributed by atoms with van der Waals surface area (Å²) in [4.78, 5) is 4.46. The van der Waals surface area contributed by atoms with E-state index in [1.807, 2.05) is 30.3 Å². The van der Waals surface area contributed by atoms with Crippen LogP contribution in [-0.2, 0) is 9.84 Å². The topological polar surface area (TPSA) is 98.5 Å². The minimum absolute atomic E-state index is 0.0593. The van der Waals surface area contributed by atoms with Gasteiger partial charge in [0.15, 0.2) is 5.65 Å². The van der Waals surface area contributed by atoms with Crippen molar-refractivity contribution in [3.63, 3.8) is 0 Å². The minimum atomic E-state index is -4.07. The van der Waals surface area contributed by atoms with Gasteiger partial charge in [-0.2, -0.15) is 4.52 Å². The number of nitrogens with one attached hydrogen (secondary N) is 1. The Kier molecular flexibility index (Phi) is 4.71. The maximum atomic E-state index is 13.3. The number of para-hydroxylation sites is 1. The summed E-state index contributed by atoms with van der Waals surface area (Å²) in [6, 6.07) is 19.1. The summed E-state index contributed by atoms with van der Waals surface area (Å²) in [5, 5.41) is 11.6. The molecule has 0 aliphatic heterocycles. The zero-order chi connectivity index (χ0) is 22.3. The molecule has 0 saturated heterocycles.